The highest BCUT2D eigenvalue weighted by Gasteiger charge is 2.18. The van der Waals surface area contributed by atoms with Gasteiger partial charge in [0.2, 0.25) is 0 Å². The fourth-order valence-electron chi connectivity index (χ4n) is 4.11. The molecule has 162 valence electrons. The lowest BCUT2D eigenvalue weighted by Gasteiger charge is -2.05. The fraction of sp³-hybridized carbons (Fsp3) is 0. The normalized spacial score (nSPS) is 11.4. The number of nitrogens with one attached hydrogen (secondary N) is 1. The van der Waals surface area contributed by atoms with Gasteiger partial charge in [0, 0.05) is 11.1 Å². The number of fused-ring (bicyclic) bond motifs is 2. The molecule has 0 saturated carbocycles. The summed E-state index contributed by atoms with van der Waals surface area (Å²) in [5.41, 5.74) is 7.59. The van der Waals surface area contributed by atoms with Crippen molar-refractivity contribution >= 4 is 33.8 Å². The Hall–Kier alpha value is -4.84. The molecule has 6 aromatic rings. The summed E-state index contributed by atoms with van der Waals surface area (Å²) < 4.78 is 1.85. The smallest absolute Gasteiger partial charge is 0.169 e. The van der Waals surface area contributed by atoms with Crippen LogP contribution in [0.2, 0.25) is 0 Å². The van der Waals surface area contributed by atoms with Crippen LogP contribution in [0.5, 0.6) is 0 Å². The molecule has 34 heavy (non-hydrogen) atoms. The molecule has 0 aliphatic carbocycles. The number of rotatable bonds is 5. The van der Waals surface area contributed by atoms with E-state index in [-0.39, 0.29) is 0 Å². The molecule has 0 fully saturated rings. The number of hydrogen-bond acceptors (Lipinski definition) is 5. The summed E-state index contributed by atoms with van der Waals surface area (Å²) in [5, 5.41) is 12.6. The van der Waals surface area contributed by atoms with E-state index >= 15 is 0 Å². The minimum atomic E-state index is 0.600. The maximum absolute atomic E-state index is 4.92. The van der Waals surface area contributed by atoms with Crippen molar-refractivity contribution in [2.75, 3.05) is 5.43 Å². The lowest BCUT2D eigenvalue weighted by atomic mass is 10.1. The molecule has 2 heterocycles. The van der Waals surface area contributed by atoms with Crippen LogP contribution < -0.4 is 5.43 Å². The monoisotopic (exact) mass is 440 g/mol. The van der Waals surface area contributed by atoms with Crippen LogP contribution in [0.4, 0.5) is 5.82 Å². The Morgan fingerprint density at radius 1 is 0.735 bits per heavy atom. The Bertz CT molecular complexity index is 1620. The molecule has 6 nitrogen and oxygen atoms in total. The second-order valence-corrected chi connectivity index (χ2v) is 7.82. The zero-order valence-corrected chi connectivity index (χ0v) is 18.2. The van der Waals surface area contributed by atoms with Gasteiger partial charge in [0.05, 0.1) is 17.3 Å². The van der Waals surface area contributed by atoms with E-state index in [1.165, 1.54) is 11.7 Å². The predicted octanol–water partition coefficient (Wildman–Crippen LogP) is 6.08. The third-order valence-electron chi connectivity index (χ3n) is 5.71. The zero-order chi connectivity index (χ0) is 22.7. The Labute approximate surface area is 196 Å². The number of hydrogen-bond donors (Lipinski definition) is 1. The van der Waals surface area contributed by atoms with E-state index in [2.05, 4.69) is 38.7 Å². The van der Waals surface area contributed by atoms with E-state index in [0.29, 0.717) is 11.5 Å². The first-order valence-electron chi connectivity index (χ1n) is 11.0. The maximum atomic E-state index is 4.92. The second kappa shape index (κ2) is 8.60. The highest BCUT2D eigenvalue weighted by molar-refractivity contribution is 6.01. The Morgan fingerprint density at radius 2 is 1.47 bits per heavy atom. The Morgan fingerprint density at radius 3 is 2.32 bits per heavy atom. The van der Waals surface area contributed by atoms with Crippen molar-refractivity contribution in [1.29, 1.82) is 0 Å². The number of nitrogens with zero attached hydrogens (tertiary/aromatic N) is 5. The van der Waals surface area contributed by atoms with E-state index in [0.717, 1.165) is 33.3 Å². The van der Waals surface area contributed by atoms with Gasteiger partial charge in [0.1, 0.15) is 12.0 Å². The average molecular weight is 441 g/mol. The van der Waals surface area contributed by atoms with Crippen LogP contribution >= 0.6 is 0 Å². The van der Waals surface area contributed by atoms with Crippen molar-refractivity contribution in [2.24, 2.45) is 5.10 Å². The van der Waals surface area contributed by atoms with Gasteiger partial charge < -0.3 is 0 Å². The standard InChI is InChI=1S/C28H20N6/c1-3-11-21(12-4-1)26-25-27(29-19-30-28(25)34(33-26)23-15-5-2-6-16-23)32-31-18-22-14-9-13-20-10-7-8-17-24(20)22/h1-19H,(H,29,30,32)/b31-18+. The first-order chi connectivity index (χ1) is 16.9. The molecule has 0 atom stereocenters. The molecule has 0 bridgehead atoms. The van der Waals surface area contributed by atoms with Crippen LogP contribution in [-0.2, 0) is 0 Å². The summed E-state index contributed by atoms with van der Waals surface area (Å²) in [6.45, 7) is 0. The molecule has 1 N–H and O–H groups in total. The number of hydrazone groups is 1. The SMILES string of the molecule is C(=N\Nc1ncnc2c1c(-c1ccccc1)nn2-c1ccccc1)/c1cccc2ccccc12. The van der Waals surface area contributed by atoms with Gasteiger partial charge in [-0.2, -0.15) is 10.2 Å². The molecular formula is C28H20N6. The fourth-order valence-corrected chi connectivity index (χ4v) is 4.11. The topological polar surface area (TPSA) is 68.0 Å². The van der Waals surface area contributed by atoms with E-state index in [1.54, 1.807) is 0 Å². The molecule has 4 aromatic carbocycles. The van der Waals surface area contributed by atoms with Crippen molar-refractivity contribution in [3.8, 4) is 16.9 Å². The number of para-hydroxylation sites is 1. The molecule has 0 spiro atoms. The summed E-state index contributed by atoms with van der Waals surface area (Å²) >= 11 is 0. The number of benzene rings is 4. The molecule has 6 rings (SSSR count). The molecule has 6 heteroatoms. The van der Waals surface area contributed by atoms with Crippen LogP contribution in [0.15, 0.2) is 115 Å². The van der Waals surface area contributed by atoms with Crippen LogP contribution in [0, 0.1) is 0 Å². The molecule has 0 unspecified atom stereocenters. The van der Waals surface area contributed by atoms with Gasteiger partial charge in [-0.3, -0.25) is 5.43 Å². The van der Waals surface area contributed by atoms with Crippen molar-refractivity contribution in [1.82, 2.24) is 19.7 Å². The largest absolute Gasteiger partial charge is 0.261 e. The van der Waals surface area contributed by atoms with E-state index in [9.17, 15) is 0 Å². The molecule has 0 aliphatic heterocycles. The Balaban J connectivity index is 1.46. The number of aromatic nitrogens is 4. The quantitative estimate of drug-likeness (QED) is 0.260. The summed E-state index contributed by atoms with van der Waals surface area (Å²) in [5.74, 6) is 0.600. The lowest BCUT2D eigenvalue weighted by Crippen LogP contribution is -1.99. The van der Waals surface area contributed by atoms with E-state index < -0.39 is 0 Å². The Kier molecular flexibility index (Phi) is 5.01. The highest BCUT2D eigenvalue weighted by Crippen LogP contribution is 2.32. The van der Waals surface area contributed by atoms with Crippen molar-refractivity contribution in [3.05, 3.63) is 115 Å². The molecular weight excluding hydrogens is 420 g/mol. The predicted molar refractivity (Wildman–Crippen MR) is 137 cm³/mol. The van der Waals surface area contributed by atoms with E-state index in [1.807, 2.05) is 95.8 Å². The molecule has 0 amide bonds. The summed E-state index contributed by atoms with van der Waals surface area (Å²) in [6.07, 6.45) is 3.36. The van der Waals surface area contributed by atoms with Gasteiger partial charge in [-0.25, -0.2) is 14.6 Å². The van der Waals surface area contributed by atoms with Crippen molar-refractivity contribution in [3.63, 3.8) is 0 Å². The summed E-state index contributed by atoms with van der Waals surface area (Å²) in [4.78, 5) is 9.07. The van der Waals surface area contributed by atoms with Crippen LogP contribution in [-0.4, -0.2) is 26.0 Å². The average Bonchev–Trinajstić information content (AvgIpc) is 3.30. The van der Waals surface area contributed by atoms with Gasteiger partial charge in [-0.15, -0.1) is 0 Å². The molecule has 0 aliphatic rings. The van der Waals surface area contributed by atoms with E-state index in [4.69, 9.17) is 5.10 Å². The minimum absolute atomic E-state index is 0.600. The second-order valence-electron chi connectivity index (χ2n) is 7.82. The van der Waals surface area contributed by atoms with Gasteiger partial charge in [-0.05, 0) is 22.9 Å². The molecule has 2 aromatic heterocycles. The summed E-state index contributed by atoms with van der Waals surface area (Å²) in [6, 6.07) is 34.5. The van der Waals surface area contributed by atoms with Crippen LogP contribution in [0.1, 0.15) is 5.56 Å². The first kappa shape index (κ1) is 19.8. The van der Waals surface area contributed by atoms with Crippen molar-refractivity contribution < 1.29 is 0 Å². The number of anilines is 1. The third-order valence-corrected chi connectivity index (χ3v) is 5.71. The van der Waals surface area contributed by atoms with Gasteiger partial charge in [0.25, 0.3) is 0 Å². The highest BCUT2D eigenvalue weighted by atomic mass is 15.3. The van der Waals surface area contributed by atoms with Gasteiger partial charge in [-0.1, -0.05) is 91.0 Å². The molecule has 0 saturated heterocycles. The summed E-state index contributed by atoms with van der Waals surface area (Å²) in [7, 11) is 0. The van der Waals surface area contributed by atoms with Crippen LogP contribution in [0.3, 0.4) is 0 Å². The van der Waals surface area contributed by atoms with Gasteiger partial charge >= 0.3 is 0 Å². The lowest BCUT2D eigenvalue weighted by molar-refractivity contribution is 0.899. The van der Waals surface area contributed by atoms with Gasteiger partial charge in [0.15, 0.2) is 11.5 Å². The molecule has 0 radical (unpaired) electrons. The van der Waals surface area contributed by atoms with Crippen molar-refractivity contribution in [2.45, 2.75) is 0 Å². The first-order valence-corrected chi connectivity index (χ1v) is 11.0. The zero-order valence-electron chi connectivity index (χ0n) is 18.2. The third kappa shape index (κ3) is 3.57. The minimum Gasteiger partial charge on any atom is -0.261 e. The van der Waals surface area contributed by atoms with Crippen LogP contribution in [0.25, 0.3) is 38.8 Å². The maximum Gasteiger partial charge on any atom is 0.169 e.